The summed E-state index contributed by atoms with van der Waals surface area (Å²) in [4.78, 5) is 17.8. The Balaban J connectivity index is 2.59. The number of aliphatic imine (C=N–C) groups is 1. The van der Waals surface area contributed by atoms with Crippen molar-refractivity contribution in [2.24, 2.45) is 9.39 Å². The van der Waals surface area contributed by atoms with Crippen LogP contribution in [0.25, 0.3) is 0 Å². The van der Waals surface area contributed by atoms with E-state index in [4.69, 9.17) is 5.73 Å². The van der Waals surface area contributed by atoms with Crippen molar-refractivity contribution in [2.45, 2.75) is 9.79 Å². The van der Waals surface area contributed by atoms with Crippen molar-refractivity contribution < 1.29 is 17.9 Å². The van der Waals surface area contributed by atoms with Gasteiger partial charge in [0.05, 0.1) is 24.1 Å². The van der Waals surface area contributed by atoms with Crippen LogP contribution in [0.5, 0.6) is 0 Å². The van der Waals surface area contributed by atoms with Crippen LogP contribution in [0.2, 0.25) is 0 Å². The molecule has 25 heavy (non-hydrogen) atoms. The van der Waals surface area contributed by atoms with Gasteiger partial charge in [-0.3, -0.25) is 4.99 Å². The van der Waals surface area contributed by atoms with Crippen molar-refractivity contribution in [2.75, 3.05) is 39.2 Å². The van der Waals surface area contributed by atoms with Gasteiger partial charge in [-0.25, -0.2) is 4.79 Å². The van der Waals surface area contributed by atoms with Crippen LogP contribution in [0.15, 0.2) is 31.3 Å². The minimum absolute atomic E-state index is 0.0454. The fourth-order valence-corrected chi connectivity index (χ4v) is 5.28. The van der Waals surface area contributed by atoms with E-state index >= 15 is 0 Å². The molecule has 0 aliphatic carbocycles. The molecule has 0 aromatic heterocycles. The van der Waals surface area contributed by atoms with Crippen LogP contribution < -0.4 is 5.73 Å². The summed E-state index contributed by atoms with van der Waals surface area (Å²) >= 11 is 2.69. The van der Waals surface area contributed by atoms with Gasteiger partial charge in [-0.05, 0) is 12.1 Å². The maximum absolute atomic E-state index is 12.7. The molecule has 0 radical (unpaired) electrons. The van der Waals surface area contributed by atoms with E-state index in [1.54, 1.807) is 14.1 Å². The first kappa shape index (κ1) is 19.6. The lowest BCUT2D eigenvalue weighted by Crippen LogP contribution is -2.12. The summed E-state index contributed by atoms with van der Waals surface area (Å²) in [5.41, 5.74) is 6.23. The summed E-state index contributed by atoms with van der Waals surface area (Å²) in [6, 6.07) is 2.62. The van der Waals surface area contributed by atoms with Crippen molar-refractivity contribution >= 4 is 55.9 Å². The summed E-state index contributed by atoms with van der Waals surface area (Å²) in [6.07, 6.45) is 1.17. The molecule has 0 amide bonds. The number of benzene rings is 1. The van der Waals surface area contributed by atoms with E-state index in [0.29, 0.717) is 11.4 Å². The van der Waals surface area contributed by atoms with Gasteiger partial charge in [0.1, 0.15) is 15.6 Å². The van der Waals surface area contributed by atoms with Crippen LogP contribution in [0.4, 0.5) is 5.69 Å². The van der Waals surface area contributed by atoms with Crippen LogP contribution in [-0.2, 0) is 14.8 Å². The van der Waals surface area contributed by atoms with Gasteiger partial charge in [0.25, 0.3) is 10.0 Å². The van der Waals surface area contributed by atoms with E-state index < -0.39 is 16.0 Å². The van der Waals surface area contributed by atoms with Crippen molar-refractivity contribution in [1.29, 1.82) is 0 Å². The Hall–Kier alpha value is -1.72. The first-order valence-corrected chi connectivity index (χ1v) is 10.3. The van der Waals surface area contributed by atoms with Gasteiger partial charge in [0, 0.05) is 25.5 Å². The number of anilines is 1. The SMILES string of the molecule is COC(=O)c1cc(N)c(SC2=NCCS2)c(S(=O)(=O)N=CN(C)C)c1. The van der Waals surface area contributed by atoms with Crippen molar-refractivity contribution in [3.8, 4) is 0 Å². The zero-order valence-corrected chi connectivity index (χ0v) is 16.4. The molecule has 2 N–H and O–H groups in total. The maximum atomic E-state index is 12.7. The molecule has 1 heterocycles. The molecule has 1 aromatic rings. The van der Waals surface area contributed by atoms with Gasteiger partial charge in [0.2, 0.25) is 0 Å². The molecule has 0 spiro atoms. The average Bonchev–Trinajstić information content (AvgIpc) is 3.07. The number of nitrogens with zero attached hydrogens (tertiary/aromatic N) is 3. The smallest absolute Gasteiger partial charge is 0.337 e. The average molecular weight is 403 g/mol. The highest BCUT2D eigenvalue weighted by Crippen LogP contribution is 2.38. The van der Waals surface area contributed by atoms with Crippen molar-refractivity contribution in [3.05, 3.63) is 17.7 Å². The van der Waals surface area contributed by atoms with Crippen LogP contribution in [0, 0.1) is 0 Å². The van der Waals surface area contributed by atoms with E-state index in [0.717, 1.165) is 21.9 Å². The third kappa shape index (κ3) is 4.89. The lowest BCUT2D eigenvalue weighted by Gasteiger charge is -2.12. The highest BCUT2D eigenvalue weighted by Gasteiger charge is 2.25. The summed E-state index contributed by atoms with van der Waals surface area (Å²) in [5.74, 6) is 0.160. The first-order chi connectivity index (χ1) is 11.7. The van der Waals surface area contributed by atoms with E-state index in [9.17, 15) is 13.2 Å². The molecule has 11 heteroatoms. The van der Waals surface area contributed by atoms with Crippen LogP contribution >= 0.6 is 23.5 Å². The lowest BCUT2D eigenvalue weighted by molar-refractivity contribution is 0.0600. The molecule has 0 unspecified atom stereocenters. The Labute approximate surface area is 155 Å². The number of hydrogen-bond acceptors (Lipinski definition) is 8. The fraction of sp³-hybridized carbons (Fsp3) is 0.357. The van der Waals surface area contributed by atoms with E-state index in [2.05, 4.69) is 14.1 Å². The fourth-order valence-electron chi connectivity index (χ4n) is 1.84. The Bertz CT molecular complexity index is 835. The largest absolute Gasteiger partial charge is 0.465 e. The molecule has 0 atom stereocenters. The number of sulfonamides is 1. The van der Waals surface area contributed by atoms with E-state index in [1.807, 2.05) is 0 Å². The Morgan fingerprint density at radius 2 is 2.20 bits per heavy atom. The van der Waals surface area contributed by atoms with Crippen molar-refractivity contribution in [3.63, 3.8) is 0 Å². The number of methoxy groups -OCH3 is 1. The number of carbonyl (C=O) groups excluding carboxylic acids is 1. The Morgan fingerprint density at radius 1 is 1.48 bits per heavy atom. The van der Waals surface area contributed by atoms with Gasteiger partial charge in [-0.15, -0.1) is 4.40 Å². The monoisotopic (exact) mass is 402 g/mol. The molecular weight excluding hydrogens is 384 g/mol. The maximum Gasteiger partial charge on any atom is 0.337 e. The molecular formula is C14H18N4O4S3. The molecule has 0 bridgehead atoms. The van der Waals surface area contributed by atoms with Crippen LogP contribution in [0.3, 0.4) is 0 Å². The lowest BCUT2D eigenvalue weighted by atomic mass is 10.2. The predicted octanol–water partition coefficient (Wildman–Crippen LogP) is 1.53. The Morgan fingerprint density at radius 3 is 2.76 bits per heavy atom. The second-order valence-corrected chi connectivity index (χ2v) is 9.08. The standard InChI is InChI=1S/C14H18N4O4S3/c1-18(2)8-17-25(20,21)11-7-9(13(19)22-3)6-10(15)12(11)24-14-16-4-5-23-14/h6-8H,4-5,15H2,1-3H3. The molecule has 1 aliphatic heterocycles. The summed E-state index contributed by atoms with van der Waals surface area (Å²) in [5, 5.41) is 0. The van der Waals surface area contributed by atoms with E-state index in [-0.39, 0.29) is 16.1 Å². The van der Waals surface area contributed by atoms with Gasteiger partial charge >= 0.3 is 5.97 Å². The van der Waals surface area contributed by atoms with Crippen molar-refractivity contribution in [1.82, 2.24) is 4.90 Å². The zero-order valence-electron chi connectivity index (χ0n) is 13.9. The number of nitrogens with two attached hydrogens (primary N) is 1. The topological polar surface area (TPSA) is 114 Å². The summed E-state index contributed by atoms with van der Waals surface area (Å²) < 4.78 is 34.3. The Kier molecular flexibility index (Phi) is 6.36. The van der Waals surface area contributed by atoms with Gasteiger partial charge in [-0.2, -0.15) is 8.42 Å². The molecule has 1 aliphatic rings. The number of rotatable bonds is 5. The molecule has 136 valence electrons. The highest BCUT2D eigenvalue weighted by molar-refractivity contribution is 8.39. The summed E-state index contributed by atoms with van der Waals surface area (Å²) in [7, 11) is 0.453. The number of esters is 1. The van der Waals surface area contributed by atoms with E-state index in [1.165, 1.54) is 42.2 Å². The molecule has 0 saturated heterocycles. The normalized spacial score (nSPS) is 14.6. The third-order valence-corrected chi connectivity index (χ3v) is 6.66. The second kappa shape index (κ2) is 8.11. The highest BCUT2D eigenvalue weighted by atomic mass is 32.2. The van der Waals surface area contributed by atoms with Gasteiger partial charge in [0.15, 0.2) is 0 Å². The molecule has 8 nitrogen and oxygen atoms in total. The molecule has 0 saturated carbocycles. The van der Waals surface area contributed by atoms with Gasteiger partial charge in [-0.1, -0.05) is 23.5 Å². The predicted molar refractivity (Wildman–Crippen MR) is 102 cm³/mol. The minimum atomic E-state index is -4.06. The zero-order chi connectivity index (χ0) is 18.6. The molecule has 0 fully saturated rings. The number of nitrogen functional groups attached to an aromatic ring is 1. The summed E-state index contributed by atoms with van der Waals surface area (Å²) in [6.45, 7) is 0.675. The molecule has 2 rings (SSSR count). The number of carbonyl (C=O) groups is 1. The van der Waals surface area contributed by atoms with Gasteiger partial charge < -0.3 is 15.4 Å². The second-order valence-electron chi connectivity index (χ2n) is 5.14. The number of thioether (sulfide) groups is 2. The molecule has 1 aromatic carbocycles. The minimum Gasteiger partial charge on any atom is -0.465 e. The first-order valence-electron chi connectivity index (χ1n) is 7.08. The third-order valence-electron chi connectivity index (χ3n) is 2.95. The number of ether oxygens (including phenoxy) is 1. The quantitative estimate of drug-likeness (QED) is 0.341. The van der Waals surface area contributed by atoms with Crippen LogP contribution in [0.1, 0.15) is 10.4 Å². The number of hydrogen-bond donors (Lipinski definition) is 1. The van der Waals surface area contributed by atoms with Crippen LogP contribution in [-0.4, -0.2) is 63.5 Å².